The molecule has 0 aromatic rings. The van der Waals surface area contributed by atoms with Crippen LogP contribution in [0.5, 0.6) is 0 Å². The Hall–Kier alpha value is -1.04. The van der Waals surface area contributed by atoms with E-state index in [1.54, 1.807) is 0 Å². The topological polar surface area (TPSA) is 0 Å². The van der Waals surface area contributed by atoms with Gasteiger partial charge in [0.15, 0.2) is 0 Å². The number of hydrogen-bond donors (Lipinski definition) is 0. The van der Waals surface area contributed by atoms with E-state index in [-0.39, 0.29) is 21.7 Å². The molecule has 2 aliphatic rings. The summed E-state index contributed by atoms with van der Waals surface area (Å²) in [4.78, 5) is 0. The summed E-state index contributed by atoms with van der Waals surface area (Å²) in [5.74, 6) is 0. The lowest BCUT2D eigenvalue weighted by molar-refractivity contribution is 0.117. The van der Waals surface area contributed by atoms with E-state index in [1.807, 2.05) is 0 Å². The molecule has 0 saturated carbocycles. The van der Waals surface area contributed by atoms with E-state index in [0.29, 0.717) is 0 Å². The van der Waals surface area contributed by atoms with Gasteiger partial charge in [-0.3, -0.25) is 0 Å². The van der Waals surface area contributed by atoms with E-state index in [1.165, 1.54) is 24.0 Å². The molecule has 0 N–H and O–H groups in total. The van der Waals surface area contributed by atoms with Gasteiger partial charge >= 0.3 is 0 Å². The lowest BCUT2D eigenvalue weighted by Crippen LogP contribution is -2.39. The Morgan fingerprint density at radius 1 is 0.682 bits per heavy atom. The van der Waals surface area contributed by atoms with Crippen LogP contribution in [0.3, 0.4) is 0 Å². The first-order valence-electron chi connectivity index (χ1n) is 8.70. The molecular formula is C22H34. The van der Waals surface area contributed by atoms with Crippen LogP contribution < -0.4 is 0 Å². The standard InChI is InChI=1S/C22H34/c1-17-11-9-13-21(17,19(3,4)5)15-16-22(20(6,7)8)14-10-12-18(22)2/h9-14H,15-16H2,1-8H3. The van der Waals surface area contributed by atoms with Crippen LogP contribution in [0.2, 0.25) is 0 Å². The second-order valence-corrected chi connectivity index (χ2v) is 9.36. The molecule has 2 aliphatic carbocycles. The van der Waals surface area contributed by atoms with Gasteiger partial charge in [0, 0.05) is 10.8 Å². The molecule has 22 heavy (non-hydrogen) atoms. The summed E-state index contributed by atoms with van der Waals surface area (Å²) in [5, 5.41) is 0. The predicted molar refractivity (Wildman–Crippen MR) is 98.8 cm³/mol. The minimum atomic E-state index is 0.196. The highest BCUT2D eigenvalue weighted by Gasteiger charge is 2.47. The summed E-state index contributed by atoms with van der Waals surface area (Å²) in [6.45, 7) is 18.9. The van der Waals surface area contributed by atoms with Crippen molar-refractivity contribution in [3.63, 3.8) is 0 Å². The second kappa shape index (κ2) is 5.25. The monoisotopic (exact) mass is 298 g/mol. The molecule has 2 rings (SSSR count). The maximum absolute atomic E-state index is 2.45. The van der Waals surface area contributed by atoms with Gasteiger partial charge in [-0.25, -0.2) is 0 Å². The Morgan fingerprint density at radius 2 is 1.00 bits per heavy atom. The van der Waals surface area contributed by atoms with Crippen molar-refractivity contribution in [3.8, 4) is 0 Å². The fourth-order valence-electron chi connectivity index (χ4n) is 4.66. The van der Waals surface area contributed by atoms with E-state index in [9.17, 15) is 0 Å². The molecule has 0 nitrogen and oxygen atoms in total. The first-order valence-corrected chi connectivity index (χ1v) is 8.70. The highest BCUT2D eigenvalue weighted by Crippen LogP contribution is 2.58. The molecular weight excluding hydrogens is 264 g/mol. The molecule has 0 aromatic carbocycles. The predicted octanol–water partition coefficient (Wildman–Crippen LogP) is 6.86. The molecule has 0 saturated heterocycles. The fraction of sp³-hybridized carbons (Fsp3) is 0.636. The minimum absolute atomic E-state index is 0.196. The molecule has 2 atom stereocenters. The summed E-state index contributed by atoms with van der Waals surface area (Å²) >= 11 is 0. The fourth-order valence-corrected chi connectivity index (χ4v) is 4.66. The minimum Gasteiger partial charge on any atom is -0.0738 e. The van der Waals surface area contributed by atoms with Crippen LogP contribution in [0.25, 0.3) is 0 Å². The van der Waals surface area contributed by atoms with E-state index >= 15 is 0 Å². The second-order valence-electron chi connectivity index (χ2n) is 9.36. The van der Waals surface area contributed by atoms with Gasteiger partial charge in [-0.1, -0.05) is 89.1 Å². The van der Waals surface area contributed by atoms with E-state index < -0.39 is 0 Å². The summed E-state index contributed by atoms with van der Waals surface area (Å²) in [5.41, 5.74) is 3.93. The summed E-state index contributed by atoms with van der Waals surface area (Å²) in [6.07, 6.45) is 16.5. The van der Waals surface area contributed by atoms with Crippen LogP contribution in [-0.2, 0) is 0 Å². The van der Waals surface area contributed by atoms with Crippen molar-refractivity contribution in [2.75, 3.05) is 0 Å². The van der Waals surface area contributed by atoms with Crippen molar-refractivity contribution >= 4 is 0 Å². The Kier molecular flexibility index (Phi) is 4.13. The van der Waals surface area contributed by atoms with Crippen LogP contribution in [-0.4, -0.2) is 0 Å². The van der Waals surface area contributed by atoms with Gasteiger partial charge in [0.2, 0.25) is 0 Å². The Labute approximate surface area is 138 Å². The van der Waals surface area contributed by atoms with Gasteiger partial charge in [0.25, 0.3) is 0 Å². The third kappa shape index (κ3) is 2.45. The SMILES string of the molecule is CC1=CC=CC1(CCC1(C(C)(C)C)C=CC=C1C)C(C)(C)C. The van der Waals surface area contributed by atoms with Crippen LogP contribution >= 0.6 is 0 Å². The van der Waals surface area contributed by atoms with Crippen molar-refractivity contribution in [1.82, 2.24) is 0 Å². The lowest BCUT2D eigenvalue weighted by atomic mass is 9.56. The van der Waals surface area contributed by atoms with Crippen molar-refractivity contribution in [1.29, 1.82) is 0 Å². The van der Waals surface area contributed by atoms with Gasteiger partial charge < -0.3 is 0 Å². The van der Waals surface area contributed by atoms with Gasteiger partial charge in [-0.05, 0) is 37.5 Å². The van der Waals surface area contributed by atoms with Crippen molar-refractivity contribution in [3.05, 3.63) is 47.6 Å². The molecule has 0 amide bonds. The van der Waals surface area contributed by atoms with E-state index in [4.69, 9.17) is 0 Å². The lowest BCUT2D eigenvalue weighted by Gasteiger charge is -2.48. The molecule has 122 valence electrons. The zero-order valence-corrected chi connectivity index (χ0v) is 15.9. The summed E-state index contributed by atoms with van der Waals surface area (Å²) in [7, 11) is 0. The van der Waals surface area contributed by atoms with Crippen LogP contribution in [0.15, 0.2) is 47.6 Å². The molecule has 0 bridgehead atoms. The van der Waals surface area contributed by atoms with Gasteiger partial charge in [0.05, 0.1) is 0 Å². The molecule has 0 fully saturated rings. The van der Waals surface area contributed by atoms with Gasteiger partial charge in [-0.15, -0.1) is 0 Å². The van der Waals surface area contributed by atoms with E-state index in [2.05, 4.69) is 91.8 Å². The van der Waals surface area contributed by atoms with Crippen molar-refractivity contribution in [2.45, 2.75) is 68.2 Å². The number of rotatable bonds is 3. The van der Waals surface area contributed by atoms with Crippen molar-refractivity contribution in [2.24, 2.45) is 21.7 Å². The van der Waals surface area contributed by atoms with Crippen LogP contribution in [0.4, 0.5) is 0 Å². The quantitative estimate of drug-likeness (QED) is 0.533. The average Bonchev–Trinajstić information content (AvgIpc) is 2.90. The number of allylic oxidation sites excluding steroid dienone is 8. The maximum Gasteiger partial charge on any atom is 0.0143 e. The largest absolute Gasteiger partial charge is 0.0738 e. The molecule has 0 heterocycles. The highest BCUT2D eigenvalue weighted by atomic mass is 14.5. The molecule has 0 aliphatic heterocycles. The average molecular weight is 299 g/mol. The normalized spacial score (nSPS) is 31.6. The molecule has 0 spiro atoms. The van der Waals surface area contributed by atoms with Crippen molar-refractivity contribution < 1.29 is 0 Å². The van der Waals surface area contributed by atoms with E-state index in [0.717, 1.165) is 0 Å². The number of hydrogen-bond acceptors (Lipinski definition) is 0. The zero-order valence-electron chi connectivity index (χ0n) is 15.9. The third-order valence-electron chi connectivity index (χ3n) is 6.45. The first kappa shape index (κ1) is 17.3. The Balaban J connectivity index is 2.35. The Bertz CT molecular complexity index is 502. The van der Waals surface area contributed by atoms with Gasteiger partial charge in [-0.2, -0.15) is 0 Å². The molecule has 0 heteroatoms. The zero-order chi connectivity index (χ0) is 16.8. The van der Waals surface area contributed by atoms with Crippen LogP contribution in [0.1, 0.15) is 68.2 Å². The Morgan fingerprint density at radius 3 is 1.18 bits per heavy atom. The summed E-state index contributed by atoms with van der Waals surface area (Å²) in [6, 6.07) is 0. The molecule has 2 unspecified atom stereocenters. The van der Waals surface area contributed by atoms with Crippen LogP contribution in [0, 0.1) is 21.7 Å². The van der Waals surface area contributed by atoms with Gasteiger partial charge in [0.1, 0.15) is 0 Å². The highest BCUT2D eigenvalue weighted by molar-refractivity contribution is 5.38. The maximum atomic E-state index is 2.45. The third-order valence-corrected chi connectivity index (χ3v) is 6.45. The summed E-state index contributed by atoms with van der Waals surface area (Å²) < 4.78 is 0. The first-order chi connectivity index (χ1) is 9.96. The molecule has 0 radical (unpaired) electrons. The molecule has 0 aromatic heterocycles. The smallest absolute Gasteiger partial charge is 0.0143 e.